The molecule has 0 heterocycles. The van der Waals surface area contributed by atoms with Crippen molar-refractivity contribution < 1.29 is 4.79 Å². The third kappa shape index (κ3) is 4.18. The fraction of sp³-hybridized carbons (Fsp3) is 0.857. The lowest BCUT2D eigenvalue weighted by atomic mass is 10.0. The fourth-order valence-corrected chi connectivity index (χ4v) is 0.822. The van der Waals surface area contributed by atoms with Gasteiger partial charge >= 0.3 is 6.03 Å². The normalized spacial score (nSPS) is 9.90. The van der Waals surface area contributed by atoms with Crippen LogP contribution in [0.3, 0.4) is 0 Å². The second-order valence-corrected chi connectivity index (χ2v) is 2.43. The van der Waals surface area contributed by atoms with E-state index in [1.165, 1.54) is 0 Å². The quantitative estimate of drug-likeness (QED) is 0.609. The molecule has 0 fully saturated rings. The molecule has 2 amide bonds. The average Bonchev–Trinajstić information content (AvgIpc) is 1.90. The van der Waals surface area contributed by atoms with Gasteiger partial charge in [-0.3, -0.25) is 0 Å². The molecule has 0 aliphatic carbocycles. The van der Waals surface area contributed by atoms with E-state index in [-0.39, 0.29) is 0 Å². The second kappa shape index (κ2) is 5.09. The molecule has 0 aromatic rings. The zero-order valence-corrected chi connectivity index (χ0v) is 6.68. The molecule has 0 aromatic heterocycles. The van der Waals surface area contributed by atoms with Gasteiger partial charge in [0, 0.05) is 6.54 Å². The highest BCUT2D eigenvalue weighted by molar-refractivity contribution is 5.71. The van der Waals surface area contributed by atoms with E-state index in [4.69, 9.17) is 5.73 Å². The van der Waals surface area contributed by atoms with Crippen molar-refractivity contribution >= 4 is 6.03 Å². The third-order valence-electron chi connectivity index (χ3n) is 1.72. The van der Waals surface area contributed by atoms with Gasteiger partial charge in [-0.2, -0.15) is 0 Å². The summed E-state index contributed by atoms with van der Waals surface area (Å²) in [6.45, 7) is 4.93. The van der Waals surface area contributed by atoms with Crippen molar-refractivity contribution in [3.05, 3.63) is 0 Å². The minimum Gasteiger partial charge on any atom is -0.352 e. The van der Waals surface area contributed by atoms with Gasteiger partial charge in [0.1, 0.15) is 0 Å². The lowest BCUT2D eigenvalue weighted by Gasteiger charge is -2.10. The van der Waals surface area contributed by atoms with Gasteiger partial charge in [0.15, 0.2) is 0 Å². The van der Waals surface area contributed by atoms with Crippen molar-refractivity contribution in [3.63, 3.8) is 0 Å². The van der Waals surface area contributed by atoms with Crippen LogP contribution in [0.5, 0.6) is 0 Å². The van der Waals surface area contributed by atoms with Gasteiger partial charge in [-0.05, 0) is 5.92 Å². The molecular weight excluding hydrogens is 128 g/mol. The Morgan fingerprint density at radius 1 is 1.50 bits per heavy atom. The maximum absolute atomic E-state index is 10.2. The van der Waals surface area contributed by atoms with E-state index in [0.717, 1.165) is 12.8 Å². The molecule has 0 aromatic carbocycles. The number of hydrogen-bond donors (Lipinski definition) is 2. The molecule has 0 saturated heterocycles. The lowest BCUT2D eigenvalue weighted by Crippen LogP contribution is -2.33. The van der Waals surface area contributed by atoms with Crippen molar-refractivity contribution in [2.75, 3.05) is 6.54 Å². The Balaban J connectivity index is 3.34. The number of rotatable bonds is 4. The standard InChI is InChI=1S/C7H16N2O/c1-3-6(4-2)5-9-7(8)10/h6H,3-5H2,1-2H3,(H3,8,9,10). The van der Waals surface area contributed by atoms with Crippen LogP contribution in [0.25, 0.3) is 0 Å². The zero-order valence-electron chi connectivity index (χ0n) is 6.68. The second-order valence-electron chi connectivity index (χ2n) is 2.43. The van der Waals surface area contributed by atoms with Crippen LogP contribution in [0.2, 0.25) is 0 Å². The molecule has 0 bridgehead atoms. The maximum atomic E-state index is 10.2. The van der Waals surface area contributed by atoms with Gasteiger partial charge < -0.3 is 11.1 Å². The minimum absolute atomic E-state index is 0.424. The molecular formula is C7H16N2O. The Bertz CT molecular complexity index is 99.8. The number of amides is 2. The highest BCUT2D eigenvalue weighted by Crippen LogP contribution is 2.04. The van der Waals surface area contributed by atoms with Crippen LogP contribution >= 0.6 is 0 Å². The first-order valence-corrected chi connectivity index (χ1v) is 3.74. The molecule has 60 valence electrons. The molecule has 3 N–H and O–H groups in total. The summed E-state index contributed by atoms with van der Waals surface area (Å²) < 4.78 is 0. The predicted molar refractivity (Wildman–Crippen MR) is 41.7 cm³/mol. The molecule has 10 heavy (non-hydrogen) atoms. The number of carbonyl (C=O) groups is 1. The first kappa shape index (κ1) is 9.27. The number of carbonyl (C=O) groups excluding carboxylic acids is 1. The smallest absolute Gasteiger partial charge is 0.312 e. The summed E-state index contributed by atoms with van der Waals surface area (Å²) in [7, 11) is 0. The average molecular weight is 144 g/mol. The monoisotopic (exact) mass is 144 g/mol. The van der Waals surface area contributed by atoms with E-state index in [0.29, 0.717) is 12.5 Å². The van der Waals surface area contributed by atoms with Crippen molar-refractivity contribution in [1.82, 2.24) is 5.32 Å². The van der Waals surface area contributed by atoms with Crippen LogP contribution in [0.4, 0.5) is 4.79 Å². The molecule has 0 saturated carbocycles. The Kier molecular flexibility index (Phi) is 4.72. The Labute approximate surface area is 62.0 Å². The maximum Gasteiger partial charge on any atom is 0.312 e. The SMILES string of the molecule is CCC(CC)CNC(N)=O. The third-order valence-corrected chi connectivity index (χ3v) is 1.72. The number of urea groups is 1. The van der Waals surface area contributed by atoms with Gasteiger partial charge in [0.2, 0.25) is 0 Å². The van der Waals surface area contributed by atoms with E-state index >= 15 is 0 Å². The van der Waals surface area contributed by atoms with Crippen LogP contribution in [-0.4, -0.2) is 12.6 Å². The van der Waals surface area contributed by atoms with Gasteiger partial charge in [-0.15, -0.1) is 0 Å². The Hall–Kier alpha value is -0.730. The Morgan fingerprint density at radius 3 is 2.30 bits per heavy atom. The van der Waals surface area contributed by atoms with Crippen molar-refractivity contribution in [3.8, 4) is 0 Å². The molecule has 3 nitrogen and oxygen atoms in total. The van der Waals surface area contributed by atoms with E-state index in [9.17, 15) is 4.79 Å². The van der Waals surface area contributed by atoms with Gasteiger partial charge in [-0.1, -0.05) is 26.7 Å². The highest BCUT2D eigenvalue weighted by atomic mass is 16.2. The van der Waals surface area contributed by atoms with Crippen molar-refractivity contribution in [2.45, 2.75) is 26.7 Å². The molecule has 3 heteroatoms. The number of hydrogen-bond acceptors (Lipinski definition) is 1. The molecule has 0 atom stereocenters. The summed E-state index contributed by atoms with van der Waals surface area (Å²) in [5.41, 5.74) is 4.90. The minimum atomic E-state index is -0.424. The lowest BCUT2D eigenvalue weighted by molar-refractivity contribution is 0.246. The summed E-state index contributed by atoms with van der Waals surface area (Å²) in [5.74, 6) is 0.576. The van der Waals surface area contributed by atoms with Crippen LogP contribution in [0.15, 0.2) is 0 Å². The molecule has 0 aliphatic rings. The summed E-state index contributed by atoms with van der Waals surface area (Å²) in [6, 6.07) is -0.424. The van der Waals surface area contributed by atoms with Crippen molar-refractivity contribution in [1.29, 1.82) is 0 Å². The summed E-state index contributed by atoms with van der Waals surface area (Å²) in [5, 5.41) is 2.59. The van der Waals surface area contributed by atoms with Crippen LogP contribution in [0, 0.1) is 5.92 Å². The van der Waals surface area contributed by atoms with E-state index < -0.39 is 6.03 Å². The molecule has 0 rings (SSSR count). The van der Waals surface area contributed by atoms with Crippen LogP contribution in [0.1, 0.15) is 26.7 Å². The number of nitrogens with one attached hydrogen (secondary N) is 1. The Morgan fingerprint density at radius 2 is 2.00 bits per heavy atom. The summed E-state index contributed by atoms with van der Waals surface area (Å²) in [4.78, 5) is 10.2. The highest BCUT2D eigenvalue weighted by Gasteiger charge is 2.02. The number of primary amides is 1. The first-order chi connectivity index (χ1) is 4.70. The molecule has 0 spiro atoms. The molecule has 0 unspecified atom stereocenters. The van der Waals surface area contributed by atoms with E-state index in [1.807, 2.05) is 0 Å². The van der Waals surface area contributed by atoms with Gasteiger partial charge in [0.25, 0.3) is 0 Å². The summed E-state index contributed by atoms with van der Waals surface area (Å²) in [6.07, 6.45) is 2.19. The largest absolute Gasteiger partial charge is 0.352 e. The fourth-order valence-electron chi connectivity index (χ4n) is 0.822. The number of nitrogens with two attached hydrogens (primary N) is 1. The van der Waals surface area contributed by atoms with Gasteiger partial charge in [0.05, 0.1) is 0 Å². The molecule has 0 radical (unpaired) electrons. The predicted octanol–water partition coefficient (Wildman–Crippen LogP) is 1.09. The van der Waals surface area contributed by atoms with Crippen LogP contribution in [-0.2, 0) is 0 Å². The summed E-state index contributed by atoms with van der Waals surface area (Å²) >= 11 is 0. The zero-order chi connectivity index (χ0) is 7.98. The first-order valence-electron chi connectivity index (χ1n) is 3.74. The molecule has 0 aliphatic heterocycles. The van der Waals surface area contributed by atoms with Gasteiger partial charge in [-0.25, -0.2) is 4.79 Å². The van der Waals surface area contributed by atoms with Crippen molar-refractivity contribution in [2.24, 2.45) is 11.7 Å². The van der Waals surface area contributed by atoms with E-state index in [1.54, 1.807) is 0 Å². The van der Waals surface area contributed by atoms with Crippen LogP contribution < -0.4 is 11.1 Å². The van der Waals surface area contributed by atoms with E-state index in [2.05, 4.69) is 19.2 Å². The topological polar surface area (TPSA) is 55.1 Å².